The molecule has 31 heavy (non-hydrogen) atoms. The molecule has 0 radical (unpaired) electrons. The third-order valence-electron chi connectivity index (χ3n) is 5.84. The molecular weight excluding hydrogens is 408 g/mol. The van der Waals surface area contributed by atoms with Gasteiger partial charge in [0, 0.05) is 36.3 Å². The highest BCUT2D eigenvalue weighted by atomic mass is 32.2. The van der Waals surface area contributed by atoms with Crippen LogP contribution in [0.4, 0.5) is 0 Å². The second-order valence-corrected chi connectivity index (χ2v) is 9.08. The van der Waals surface area contributed by atoms with Crippen molar-refractivity contribution in [2.24, 2.45) is 0 Å². The van der Waals surface area contributed by atoms with Gasteiger partial charge in [0.2, 0.25) is 0 Å². The molecule has 6 nitrogen and oxygen atoms in total. The molecule has 0 unspecified atom stereocenters. The summed E-state index contributed by atoms with van der Waals surface area (Å²) in [7, 11) is 0. The van der Waals surface area contributed by atoms with Crippen LogP contribution in [0, 0.1) is 13.8 Å². The summed E-state index contributed by atoms with van der Waals surface area (Å²) in [5.41, 5.74) is 5.25. The van der Waals surface area contributed by atoms with Gasteiger partial charge in [-0.05, 0) is 37.1 Å². The minimum absolute atomic E-state index is 0.0521. The summed E-state index contributed by atoms with van der Waals surface area (Å²) in [6, 6.07) is 14.2. The quantitative estimate of drug-likeness (QED) is 0.381. The van der Waals surface area contributed by atoms with Crippen molar-refractivity contribution in [2.75, 3.05) is 38.6 Å². The molecule has 2 aromatic carbocycles. The Morgan fingerprint density at radius 1 is 1.13 bits per heavy atom. The molecule has 0 aliphatic carbocycles. The third kappa shape index (κ3) is 3.89. The fraction of sp³-hybridized carbons (Fsp3) is 0.333. The first-order chi connectivity index (χ1) is 15.1. The second kappa shape index (κ2) is 8.49. The van der Waals surface area contributed by atoms with Gasteiger partial charge < -0.3 is 9.72 Å². The number of nitrogens with one attached hydrogen (secondary N) is 1. The van der Waals surface area contributed by atoms with E-state index in [0.717, 1.165) is 77.0 Å². The normalized spacial score (nSPS) is 15.2. The summed E-state index contributed by atoms with van der Waals surface area (Å²) in [4.78, 5) is 24.4. The second-order valence-electron chi connectivity index (χ2n) is 8.02. The molecule has 0 amide bonds. The SMILES string of the molecule is Cc1ccc(C)c(-n2c(SCCN3CCOCC3)nc3c([nH]c4ccccc43)c2=O)c1. The van der Waals surface area contributed by atoms with Crippen LogP contribution in [0.25, 0.3) is 27.6 Å². The minimum atomic E-state index is -0.0521. The molecule has 1 N–H and O–H groups in total. The van der Waals surface area contributed by atoms with Crippen LogP contribution in [-0.4, -0.2) is 58.0 Å². The van der Waals surface area contributed by atoms with Gasteiger partial charge in [-0.3, -0.25) is 14.3 Å². The largest absolute Gasteiger partial charge is 0.379 e. The van der Waals surface area contributed by atoms with E-state index in [-0.39, 0.29) is 5.56 Å². The number of fused-ring (bicyclic) bond motifs is 3. The van der Waals surface area contributed by atoms with Crippen LogP contribution in [0.15, 0.2) is 52.4 Å². The Labute approximate surface area is 185 Å². The van der Waals surface area contributed by atoms with Crippen LogP contribution in [0.3, 0.4) is 0 Å². The first-order valence-corrected chi connectivity index (χ1v) is 11.6. The highest BCUT2D eigenvalue weighted by Gasteiger charge is 2.19. The van der Waals surface area contributed by atoms with Gasteiger partial charge in [0.15, 0.2) is 5.16 Å². The van der Waals surface area contributed by atoms with Crippen LogP contribution < -0.4 is 5.56 Å². The molecule has 2 aromatic heterocycles. The van der Waals surface area contributed by atoms with Crippen molar-refractivity contribution >= 4 is 33.7 Å². The van der Waals surface area contributed by atoms with Crippen molar-refractivity contribution in [2.45, 2.75) is 19.0 Å². The van der Waals surface area contributed by atoms with Gasteiger partial charge in [0.05, 0.1) is 18.9 Å². The molecule has 0 bridgehead atoms. The monoisotopic (exact) mass is 434 g/mol. The topological polar surface area (TPSA) is 63.1 Å². The van der Waals surface area contributed by atoms with Crippen LogP contribution >= 0.6 is 11.8 Å². The van der Waals surface area contributed by atoms with Gasteiger partial charge in [0.25, 0.3) is 5.56 Å². The maximum absolute atomic E-state index is 13.7. The van der Waals surface area contributed by atoms with Crippen molar-refractivity contribution < 1.29 is 4.74 Å². The molecule has 1 saturated heterocycles. The summed E-state index contributed by atoms with van der Waals surface area (Å²) in [5.74, 6) is 0.866. The third-order valence-corrected chi connectivity index (χ3v) is 6.76. The molecule has 0 atom stereocenters. The summed E-state index contributed by atoms with van der Waals surface area (Å²) >= 11 is 1.65. The Bertz CT molecular complexity index is 1300. The zero-order chi connectivity index (χ0) is 21.4. The van der Waals surface area contributed by atoms with E-state index in [1.807, 2.05) is 38.1 Å². The van der Waals surface area contributed by atoms with Crippen LogP contribution in [0.1, 0.15) is 11.1 Å². The maximum atomic E-state index is 13.7. The summed E-state index contributed by atoms with van der Waals surface area (Å²) < 4.78 is 7.23. The molecule has 160 valence electrons. The van der Waals surface area contributed by atoms with Gasteiger partial charge in [-0.15, -0.1) is 0 Å². The van der Waals surface area contributed by atoms with E-state index in [1.165, 1.54) is 0 Å². The van der Waals surface area contributed by atoms with Crippen LogP contribution in [-0.2, 0) is 4.74 Å². The van der Waals surface area contributed by atoms with E-state index in [4.69, 9.17) is 9.72 Å². The number of aromatic nitrogens is 3. The van der Waals surface area contributed by atoms with E-state index in [2.05, 4.69) is 28.1 Å². The number of aryl methyl sites for hydroxylation is 2. The number of hydrogen-bond acceptors (Lipinski definition) is 5. The van der Waals surface area contributed by atoms with Gasteiger partial charge >= 0.3 is 0 Å². The molecule has 4 aromatic rings. The summed E-state index contributed by atoms with van der Waals surface area (Å²) in [6.45, 7) is 8.53. The first kappa shape index (κ1) is 20.3. The standard InChI is InChI=1S/C24H26N4O2S/c1-16-7-8-17(2)20(15-16)28-23(29)22-21(18-5-3-4-6-19(18)25-22)26-24(28)31-14-11-27-9-12-30-13-10-27/h3-8,15,25H,9-14H2,1-2H3. The number of morpholine rings is 1. The minimum Gasteiger partial charge on any atom is -0.379 e. The van der Waals surface area contributed by atoms with E-state index in [1.54, 1.807) is 16.3 Å². The Hall–Kier alpha value is -2.61. The molecule has 1 aliphatic heterocycles. The average Bonchev–Trinajstić information content (AvgIpc) is 3.16. The van der Waals surface area contributed by atoms with Gasteiger partial charge in [-0.1, -0.05) is 42.1 Å². The molecular formula is C24H26N4O2S. The number of H-pyrrole nitrogens is 1. The van der Waals surface area contributed by atoms with Crippen molar-refractivity contribution in [3.63, 3.8) is 0 Å². The van der Waals surface area contributed by atoms with Crippen molar-refractivity contribution in [1.82, 2.24) is 19.4 Å². The molecule has 1 aliphatic rings. The van der Waals surface area contributed by atoms with E-state index in [9.17, 15) is 4.79 Å². The molecule has 3 heterocycles. The lowest BCUT2D eigenvalue weighted by atomic mass is 10.1. The first-order valence-electron chi connectivity index (χ1n) is 10.7. The van der Waals surface area contributed by atoms with Gasteiger partial charge in [-0.2, -0.15) is 0 Å². The van der Waals surface area contributed by atoms with Gasteiger partial charge in [0.1, 0.15) is 11.0 Å². The van der Waals surface area contributed by atoms with E-state index < -0.39 is 0 Å². The average molecular weight is 435 g/mol. The Kier molecular flexibility index (Phi) is 5.56. The summed E-state index contributed by atoms with van der Waals surface area (Å²) in [5, 5.41) is 1.72. The zero-order valence-corrected chi connectivity index (χ0v) is 18.7. The number of thioether (sulfide) groups is 1. The number of hydrogen-bond donors (Lipinski definition) is 1. The lowest BCUT2D eigenvalue weighted by Crippen LogP contribution is -2.37. The molecule has 0 saturated carbocycles. The lowest BCUT2D eigenvalue weighted by molar-refractivity contribution is 0.0410. The van der Waals surface area contributed by atoms with Crippen LogP contribution in [0.2, 0.25) is 0 Å². The number of rotatable bonds is 5. The number of ether oxygens (including phenoxy) is 1. The Morgan fingerprint density at radius 3 is 2.77 bits per heavy atom. The molecule has 5 rings (SSSR count). The number of nitrogens with zero attached hydrogens (tertiary/aromatic N) is 3. The fourth-order valence-electron chi connectivity index (χ4n) is 4.10. The van der Waals surface area contributed by atoms with Crippen LogP contribution in [0.5, 0.6) is 0 Å². The lowest BCUT2D eigenvalue weighted by Gasteiger charge is -2.26. The predicted octanol–water partition coefficient (Wildman–Crippen LogP) is 3.91. The van der Waals surface area contributed by atoms with Gasteiger partial charge in [-0.25, -0.2) is 4.98 Å². The predicted molar refractivity (Wildman–Crippen MR) is 127 cm³/mol. The van der Waals surface area contributed by atoms with Crippen molar-refractivity contribution in [3.05, 3.63) is 63.9 Å². The van der Waals surface area contributed by atoms with E-state index >= 15 is 0 Å². The smallest absolute Gasteiger partial charge is 0.283 e. The Morgan fingerprint density at radius 2 is 1.94 bits per heavy atom. The van der Waals surface area contributed by atoms with Crippen molar-refractivity contribution in [3.8, 4) is 5.69 Å². The highest BCUT2D eigenvalue weighted by molar-refractivity contribution is 7.99. The maximum Gasteiger partial charge on any atom is 0.283 e. The molecule has 1 fully saturated rings. The number of benzene rings is 2. The molecule has 7 heteroatoms. The highest BCUT2D eigenvalue weighted by Crippen LogP contribution is 2.27. The summed E-state index contributed by atoms with van der Waals surface area (Å²) in [6.07, 6.45) is 0. The Balaban J connectivity index is 1.62. The number of aromatic amines is 1. The zero-order valence-electron chi connectivity index (χ0n) is 17.9. The van der Waals surface area contributed by atoms with E-state index in [0.29, 0.717) is 5.52 Å². The van der Waals surface area contributed by atoms with Crippen molar-refractivity contribution in [1.29, 1.82) is 0 Å². The molecule has 0 spiro atoms. The number of para-hydroxylation sites is 1. The fourth-order valence-corrected chi connectivity index (χ4v) is 5.10.